The predicted molar refractivity (Wildman–Crippen MR) is 156 cm³/mol. The molecule has 1 aromatic carbocycles. The number of carbonyl (C=O) groups is 4. The molecule has 1 saturated carbocycles. The van der Waals surface area contributed by atoms with Crippen LogP contribution in [0.3, 0.4) is 0 Å². The van der Waals surface area contributed by atoms with Crippen LogP contribution < -0.4 is 0 Å². The van der Waals surface area contributed by atoms with E-state index in [-0.39, 0.29) is 29.5 Å². The maximum atomic E-state index is 13.6. The summed E-state index contributed by atoms with van der Waals surface area (Å²) >= 11 is 1.30. The van der Waals surface area contributed by atoms with Crippen molar-refractivity contribution in [3.8, 4) is 0 Å². The van der Waals surface area contributed by atoms with Crippen LogP contribution >= 0.6 is 11.3 Å². The second-order valence-electron chi connectivity index (χ2n) is 11.8. The summed E-state index contributed by atoms with van der Waals surface area (Å²) in [4.78, 5) is 56.9. The lowest BCUT2D eigenvalue weighted by Gasteiger charge is -2.46. The van der Waals surface area contributed by atoms with Gasteiger partial charge in [0.2, 0.25) is 12.2 Å². The highest BCUT2D eigenvalue weighted by Gasteiger charge is 2.60. The van der Waals surface area contributed by atoms with E-state index in [0.29, 0.717) is 28.4 Å². The molecule has 3 aliphatic heterocycles. The number of nitrogens with zero attached hydrogens (tertiary/aromatic N) is 2. The van der Waals surface area contributed by atoms with E-state index in [0.717, 1.165) is 43.2 Å². The molecule has 2 aromatic rings. The van der Waals surface area contributed by atoms with Crippen LogP contribution in [0.15, 0.2) is 42.1 Å². The summed E-state index contributed by atoms with van der Waals surface area (Å²) in [6, 6.07) is 11.3. The molecule has 228 valence electrons. The Kier molecular flexibility index (Phi) is 8.04. The van der Waals surface area contributed by atoms with E-state index in [1.54, 1.807) is 11.8 Å². The average Bonchev–Trinajstić information content (AvgIpc) is 3.58. The number of rotatable bonds is 8. The van der Waals surface area contributed by atoms with E-state index in [1.165, 1.54) is 23.2 Å². The molecule has 6 rings (SSSR count). The molecule has 1 unspecified atom stereocenters. The van der Waals surface area contributed by atoms with Gasteiger partial charge in [-0.25, -0.2) is 9.59 Å². The number of fused-ring (bicyclic) bond motifs is 2. The van der Waals surface area contributed by atoms with E-state index in [2.05, 4.69) is 0 Å². The van der Waals surface area contributed by atoms with Crippen molar-refractivity contribution in [2.24, 2.45) is 11.8 Å². The quantitative estimate of drug-likeness (QED) is 0.257. The summed E-state index contributed by atoms with van der Waals surface area (Å²) in [5.41, 5.74) is 2.55. The van der Waals surface area contributed by atoms with Crippen LogP contribution in [0, 0.1) is 11.8 Å². The number of hydrogen-bond donors (Lipinski definition) is 1. The number of amides is 2. The maximum Gasteiger partial charge on any atom is 0.511 e. The van der Waals surface area contributed by atoms with Gasteiger partial charge in [-0.15, -0.1) is 11.3 Å². The molecule has 4 aliphatic rings. The third-order valence-electron chi connectivity index (χ3n) is 8.85. The van der Waals surface area contributed by atoms with E-state index in [1.807, 2.05) is 43.3 Å². The largest absolute Gasteiger partial charge is 0.511 e. The van der Waals surface area contributed by atoms with Crippen LogP contribution in [0.1, 0.15) is 78.6 Å². The van der Waals surface area contributed by atoms with Crippen molar-refractivity contribution in [1.29, 1.82) is 0 Å². The van der Waals surface area contributed by atoms with Gasteiger partial charge in [-0.2, -0.15) is 0 Å². The van der Waals surface area contributed by atoms with Gasteiger partial charge < -0.3 is 29.1 Å². The number of thiophene rings is 1. The number of β-lactam (4-membered cyclic amide) rings is 1. The second-order valence-corrected chi connectivity index (χ2v) is 12.9. The Labute approximate surface area is 254 Å². The summed E-state index contributed by atoms with van der Waals surface area (Å²) in [5, 5.41) is 10.3. The maximum absolute atomic E-state index is 13.6. The molecular weight excluding hydrogens is 572 g/mol. The first-order chi connectivity index (χ1) is 20.6. The monoisotopic (exact) mass is 608 g/mol. The van der Waals surface area contributed by atoms with Crippen LogP contribution in [-0.2, 0) is 36.9 Å². The third-order valence-corrected chi connectivity index (χ3v) is 10.0. The molecular formula is C32H36N2O8S. The molecule has 2 amide bonds. The van der Waals surface area contributed by atoms with Crippen LogP contribution in [0.25, 0.3) is 5.57 Å². The van der Waals surface area contributed by atoms with Crippen molar-refractivity contribution in [1.82, 2.24) is 9.80 Å². The summed E-state index contributed by atoms with van der Waals surface area (Å²) in [6.07, 6.45) is 1.37. The highest BCUT2D eigenvalue weighted by atomic mass is 32.1. The zero-order valence-electron chi connectivity index (χ0n) is 24.5. The predicted octanol–water partition coefficient (Wildman–Crippen LogP) is 4.85. The Morgan fingerprint density at radius 1 is 1.07 bits per heavy atom. The molecule has 10 nitrogen and oxygen atoms in total. The van der Waals surface area contributed by atoms with Gasteiger partial charge >= 0.3 is 12.1 Å². The van der Waals surface area contributed by atoms with Gasteiger partial charge in [-0.05, 0) is 49.8 Å². The first-order valence-electron chi connectivity index (χ1n) is 14.9. The van der Waals surface area contributed by atoms with E-state index in [4.69, 9.17) is 14.2 Å². The fraction of sp³-hybridized carbons (Fsp3) is 0.500. The number of esters is 1. The topological polar surface area (TPSA) is 123 Å². The van der Waals surface area contributed by atoms with Crippen molar-refractivity contribution in [3.63, 3.8) is 0 Å². The lowest BCUT2D eigenvalue weighted by molar-refractivity contribution is -0.174. The highest BCUT2D eigenvalue weighted by molar-refractivity contribution is 7.15. The van der Waals surface area contributed by atoms with E-state index >= 15 is 0 Å². The minimum absolute atomic E-state index is 0.0593. The van der Waals surface area contributed by atoms with Gasteiger partial charge in [0.15, 0.2) is 0 Å². The average molecular weight is 609 g/mol. The molecule has 1 aromatic heterocycles. The van der Waals surface area contributed by atoms with Gasteiger partial charge in [-0.3, -0.25) is 9.59 Å². The Hall–Kier alpha value is -3.70. The second kappa shape index (κ2) is 11.8. The van der Waals surface area contributed by atoms with Gasteiger partial charge in [0.1, 0.15) is 11.8 Å². The fourth-order valence-electron chi connectivity index (χ4n) is 6.81. The zero-order chi connectivity index (χ0) is 30.4. The Balaban J connectivity index is 1.22. The first kappa shape index (κ1) is 29.4. The van der Waals surface area contributed by atoms with Crippen molar-refractivity contribution in [3.05, 3.63) is 63.0 Å². The third kappa shape index (κ3) is 5.44. The smallest absolute Gasteiger partial charge is 0.431 e. The van der Waals surface area contributed by atoms with Crippen molar-refractivity contribution in [2.45, 2.75) is 90.5 Å². The summed E-state index contributed by atoms with van der Waals surface area (Å²) < 4.78 is 16.1. The number of aliphatic hydroxyl groups is 1. The van der Waals surface area contributed by atoms with Gasteiger partial charge in [-0.1, -0.05) is 43.7 Å². The van der Waals surface area contributed by atoms with Crippen LogP contribution in [0.2, 0.25) is 0 Å². The normalized spacial score (nSPS) is 24.8. The molecule has 1 saturated heterocycles. The van der Waals surface area contributed by atoms with Gasteiger partial charge in [0.05, 0.1) is 22.9 Å². The van der Waals surface area contributed by atoms with E-state index in [9.17, 15) is 24.3 Å². The standard InChI is InChI=1S/C32H36N2O8S/c1-17-24(23-14-21-16-33(30(37)28(21)43-23)15-20-10-6-4-7-11-20)27(34-26(17)25(18(2)35)29(34)36)31(38)40-19(3)41-32(39)42-22-12-8-5-9-13-22/h4,6-7,10-11,14,17-19,22,25-26,35H,5,8-9,12-13,15-16H2,1-3H3/t17-,18+,19?,25+,26+/m0/s1. The number of benzene rings is 1. The van der Waals surface area contributed by atoms with Gasteiger partial charge in [0, 0.05) is 36.4 Å². The SMILES string of the molecule is CC(OC(=O)OC1CCCCC1)OC(=O)C1=C(c2cc3c(s2)C(=O)N(Cc2ccccc2)C3)[C@H](C)[C@@H]2[C@@H]([C@@H](C)O)C(=O)N12. The van der Waals surface area contributed by atoms with Crippen molar-refractivity contribution in [2.75, 3.05) is 0 Å². The molecule has 0 radical (unpaired) electrons. The first-order valence-corrected chi connectivity index (χ1v) is 15.8. The van der Waals surface area contributed by atoms with Crippen molar-refractivity contribution >= 4 is 40.8 Å². The number of carbonyl (C=O) groups excluding carboxylic acids is 4. The number of ether oxygens (including phenoxy) is 3. The summed E-state index contributed by atoms with van der Waals surface area (Å²) in [5.74, 6) is -2.23. The molecule has 11 heteroatoms. The minimum atomic E-state index is -1.25. The number of hydrogen-bond acceptors (Lipinski definition) is 9. The van der Waals surface area contributed by atoms with Crippen LogP contribution in [0.5, 0.6) is 0 Å². The molecule has 1 N–H and O–H groups in total. The van der Waals surface area contributed by atoms with Crippen LogP contribution in [0.4, 0.5) is 4.79 Å². The molecule has 0 bridgehead atoms. The summed E-state index contributed by atoms with van der Waals surface area (Å²) in [7, 11) is 0. The molecule has 5 atom stereocenters. The lowest BCUT2D eigenvalue weighted by Crippen LogP contribution is -2.63. The number of aliphatic hydroxyl groups excluding tert-OH is 1. The highest BCUT2D eigenvalue weighted by Crippen LogP contribution is 2.52. The van der Waals surface area contributed by atoms with Crippen molar-refractivity contribution < 1.29 is 38.5 Å². The molecule has 2 fully saturated rings. The Morgan fingerprint density at radius 3 is 2.47 bits per heavy atom. The lowest BCUT2D eigenvalue weighted by atomic mass is 9.77. The summed E-state index contributed by atoms with van der Waals surface area (Å²) in [6.45, 7) is 5.83. The molecule has 43 heavy (non-hydrogen) atoms. The Bertz CT molecular complexity index is 1460. The molecule has 0 spiro atoms. The molecule has 4 heterocycles. The fourth-order valence-corrected chi connectivity index (χ4v) is 8.09. The minimum Gasteiger partial charge on any atom is -0.431 e. The Morgan fingerprint density at radius 2 is 1.79 bits per heavy atom. The van der Waals surface area contributed by atoms with E-state index < -0.39 is 36.5 Å². The van der Waals surface area contributed by atoms with Crippen LogP contribution in [-0.4, -0.2) is 63.4 Å². The van der Waals surface area contributed by atoms with Gasteiger partial charge in [0.25, 0.3) is 5.91 Å². The zero-order valence-corrected chi connectivity index (χ0v) is 25.3. The molecule has 1 aliphatic carbocycles.